The first-order valence-electron chi connectivity index (χ1n) is 12.8. The first-order valence-corrected chi connectivity index (χ1v) is 12.8. The van der Waals surface area contributed by atoms with Gasteiger partial charge >= 0.3 is 6.18 Å². The number of halogens is 3. The van der Waals surface area contributed by atoms with Gasteiger partial charge in [0.15, 0.2) is 0 Å². The van der Waals surface area contributed by atoms with Gasteiger partial charge in [0.05, 0.1) is 17.4 Å². The largest absolute Gasteiger partial charge is 0.508 e. The number of likely N-dealkylation sites (tertiary alicyclic amines) is 2. The van der Waals surface area contributed by atoms with E-state index in [-0.39, 0.29) is 24.2 Å². The Bertz CT molecular complexity index is 1180. The fourth-order valence-corrected chi connectivity index (χ4v) is 6.95. The lowest BCUT2D eigenvalue weighted by Gasteiger charge is -2.61. The molecule has 3 unspecified atom stereocenters. The molecule has 1 aromatic heterocycles. The number of piperidine rings is 1. The summed E-state index contributed by atoms with van der Waals surface area (Å²) in [5.41, 5.74) is -0.423. The molecular formula is C26H31F3N4O3. The minimum absolute atomic E-state index is 0.0700. The number of aromatic nitrogens is 2. The van der Waals surface area contributed by atoms with Gasteiger partial charge in [-0.3, -0.25) is 14.4 Å². The topological polar surface area (TPSA) is 81.8 Å². The molecule has 2 N–H and O–H groups in total. The number of nitrogens with zero attached hydrogens (tertiary/aromatic N) is 4. The molecule has 10 heteroatoms. The summed E-state index contributed by atoms with van der Waals surface area (Å²) in [6.07, 6.45) is 1.87. The number of aliphatic hydroxyl groups is 1. The molecular weight excluding hydrogens is 473 g/mol. The number of carbonyl (C=O) groups excluding carboxylic acids is 1. The summed E-state index contributed by atoms with van der Waals surface area (Å²) < 4.78 is 39.9. The van der Waals surface area contributed by atoms with Crippen molar-refractivity contribution in [2.24, 2.45) is 5.92 Å². The summed E-state index contributed by atoms with van der Waals surface area (Å²) in [5, 5.41) is 26.5. The number of fused-ring (bicyclic) bond motifs is 1. The SMILES string of the molecule is O=C(Cn1cc(C(F)(F)F)cn1)N1CCC23CCN(CC4CC4)C(Cc4ccc(O)cc42)C3(O)CC1. The van der Waals surface area contributed by atoms with Crippen LogP contribution in [0.15, 0.2) is 30.6 Å². The highest BCUT2D eigenvalue weighted by molar-refractivity contribution is 5.76. The Balaban J connectivity index is 1.29. The average molecular weight is 505 g/mol. The van der Waals surface area contributed by atoms with E-state index >= 15 is 0 Å². The van der Waals surface area contributed by atoms with Crippen molar-refractivity contribution in [1.82, 2.24) is 19.6 Å². The molecule has 6 rings (SSSR count). The standard InChI is InChI=1S/C26H31F3N4O3/c27-26(28,29)19-13-30-33(15-19)16-23(35)31-8-5-24-6-9-32(14-17-1-2-17)22(25(24,36)7-10-31)11-18-3-4-20(34)12-21(18)24/h3-4,12-13,15,17,22,34,36H,1-2,5-11,14,16H2. The normalized spacial score (nSPS) is 30.4. The van der Waals surface area contributed by atoms with Crippen molar-refractivity contribution in [3.63, 3.8) is 0 Å². The zero-order valence-corrected chi connectivity index (χ0v) is 20.0. The van der Waals surface area contributed by atoms with Crippen LogP contribution in [-0.4, -0.2) is 73.5 Å². The van der Waals surface area contributed by atoms with E-state index in [0.29, 0.717) is 38.3 Å². The van der Waals surface area contributed by atoms with Crippen molar-refractivity contribution in [1.29, 1.82) is 0 Å². The maximum atomic E-state index is 13.1. The third-order valence-corrected chi connectivity index (χ3v) is 9.04. The van der Waals surface area contributed by atoms with Crippen molar-refractivity contribution in [2.75, 3.05) is 26.2 Å². The van der Waals surface area contributed by atoms with Gasteiger partial charge in [0.25, 0.3) is 0 Å². The van der Waals surface area contributed by atoms with Crippen LogP contribution in [0.5, 0.6) is 5.75 Å². The number of alkyl halides is 3. The van der Waals surface area contributed by atoms with E-state index in [2.05, 4.69) is 10.00 Å². The van der Waals surface area contributed by atoms with Gasteiger partial charge in [-0.2, -0.15) is 18.3 Å². The number of phenolic OH excluding ortho intramolecular Hbond substituents is 1. The predicted molar refractivity (Wildman–Crippen MR) is 124 cm³/mol. The zero-order chi connectivity index (χ0) is 25.3. The number of phenols is 1. The van der Waals surface area contributed by atoms with Gasteiger partial charge < -0.3 is 15.1 Å². The van der Waals surface area contributed by atoms with Crippen molar-refractivity contribution in [3.8, 4) is 5.75 Å². The van der Waals surface area contributed by atoms with E-state index in [1.54, 1.807) is 17.0 Å². The van der Waals surface area contributed by atoms with E-state index in [1.165, 1.54) is 12.8 Å². The minimum atomic E-state index is -4.51. The summed E-state index contributed by atoms with van der Waals surface area (Å²) >= 11 is 0. The molecule has 0 radical (unpaired) electrons. The second kappa shape index (κ2) is 8.21. The molecule has 3 fully saturated rings. The molecule has 36 heavy (non-hydrogen) atoms. The Labute approximate surface area is 207 Å². The Morgan fingerprint density at radius 3 is 2.61 bits per heavy atom. The zero-order valence-electron chi connectivity index (χ0n) is 20.0. The average Bonchev–Trinajstić information content (AvgIpc) is 3.54. The molecule has 3 heterocycles. The van der Waals surface area contributed by atoms with Crippen LogP contribution in [0.4, 0.5) is 13.2 Å². The molecule has 194 valence electrons. The highest BCUT2D eigenvalue weighted by Crippen LogP contribution is 2.56. The number of amides is 1. The van der Waals surface area contributed by atoms with Crippen LogP contribution in [0, 0.1) is 5.92 Å². The van der Waals surface area contributed by atoms with Crippen molar-refractivity contribution < 1.29 is 28.2 Å². The summed E-state index contributed by atoms with van der Waals surface area (Å²) in [4.78, 5) is 17.2. The Hall–Kier alpha value is -2.59. The maximum Gasteiger partial charge on any atom is 0.419 e. The monoisotopic (exact) mass is 504 g/mol. The molecule has 2 aliphatic heterocycles. The summed E-state index contributed by atoms with van der Waals surface area (Å²) in [6, 6.07) is 5.38. The van der Waals surface area contributed by atoms with Crippen LogP contribution in [0.3, 0.4) is 0 Å². The third-order valence-electron chi connectivity index (χ3n) is 9.04. The first kappa shape index (κ1) is 23.8. The highest BCUT2D eigenvalue weighted by atomic mass is 19.4. The third kappa shape index (κ3) is 3.80. The van der Waals surface area contributed by atoms with E-state index < -0.39 is 22.8 Å². The van der Waals surface area contributed by atoms with Gasteiger partial charge in [-0.15, -0.1) is 0 Å². The van der Waals surface area contributed by atoms with Crippen molar-refractivity contribution >= 4 is 5.91 Å². The Kier molecular flexibility index (Phi) is 5.42. The lowest BCUT2D eigenvalue weighted by molar-refractivity contribution is -0.149. The molecule has 7 nitrogen and oxygen atoms in total. The number of rotatable bonds is 4. The Morgan fingerprint density at radius 1 is 1.14 bits per heavy atom. The summed E-state index contributed by atoms with van der Waals surface area (Å²) in [6.45, 7) is 2.27. The van der Waals surface area contributed by atoms with Crippen molar-refractivity contribution in [2.45, 2.75) is 68.3 Å². The number of hydrogen-bond donors (Lipinski definition) is 2. The van der Waals surface area contributed by atoms with Crippen LogP contribution >= 0.6 is 0 Å². The Morgan fingerprint density at radius 2 is 1.89 bits per heavy atom. The predicted octanol–water partition coefficient (Wildman–Crippen LogP) is 2.94. The van der Waals surface area contributed by atoms with E-state index in [9.17, 15) is 28.2 Å². The van der Waals surface area contributed by atoms with E-state index in [4.69, 9.17) is 0 Å². The highest BCUT2D eigenvalue weighted by Gasteiger charge is 2.63. The second-order valence-corrected chi connectivity index (χ2v) is 11.1. The van der Waals surface area contributed by atoms with Gasteiger partial charge in [-0.25, -0.2) is 0 Å². The molecule has 2 aliphatic carbocycles. The molecule has 1 saturated carbocycles. The first-order chi connectivity index (χ1) is 17.1. The summed E-state index contributed by atoms with van der Waals surface area (Å²) in [7, 11) is 0. The van der Waals surface area contributed by atoms with Crippen LogP contribution < -0.4 is 0 Å². The minimum Gasteiger partial charge on any atom is -0.508 e. The second-order valence-electron chi connectivity index (χ2n) is 11.1. The number of carbonyl (C=O) groups is 1. The van der Waals surface area contributed by atoms with Gasteiger partial charge in [0, 0.05) is 37.3 Å². The van der Waals surface area contributed by atoms with Gasteiger partial charge in [0.1, 0.15) is 12.3 Å². The molecule has 0 spiro atoms. The molecule has 1 aromatic carbocycles. The van der Waals surface area contributed by atoms with Gasteiger partial charge in [0.2, 0.25) is 5.91 Å². The van der Waals surface area contributed by atoms with Crippen LogP contribution in [0.1, 0.15) is 48.8 Å². The van der Waals surface area contributed by atoms with Crippen LogP contribution in [0.2, 0.25) is 0 Å². The van der Waals surface area contributed by atoms with E-state index in [0.717, 1.165) is 47.7 Å². The van der Waals surface area contributed by atoms with E-state index in [1.807, 2.05) is 6.07 Å². The van der Waals surface area contributed by atoms with Gasteiger partial charge in [-0.1, -0.05) is 6.07 Å². The fourth-order valence-electron chi connectivity index (χ4n) is 6.95. The molecule has 2 bridgehead atoms. The lowest BCUT2D eigenvalue weighted by atomic mass is 9.52. The summed E-state index contributed by atoms with van der Waals surface area (Å²) in [5.74, 6) is 0.536. The smallest absolute Gasteiger partial charge is 0.419 e. The fraction of sp³-hybridized carbons (Fsp3) is 0.615. The van der Waals surface area contributed by atoms with Crippen molar-refractivity contribution in [3.05, 3.63) is 47.3 Å². The quantitative estimate of drug-likeness (QED) is 0.669. The maximum absolute atomic E-state index is 13.1. The number of benzene rings is 1. The number of aromatic hydroxyl groups is 1. The molecule has 1 amide bonds. The number of hydrogen-bond acceptors (Lipinski definition) is 5. The molecule has 3 atom stereocenters. The van der Waals surface area contributed by atoms with Crippen LogP contribution in [0.25, 0.3) is 0 Å². The van der Waals surface area contributed by atoms with Gasteiger partial charge in [-0.05, 0) is 74.2 Å². The molecule has 4 aliphatic rings. The lowest BCUT2D eigenvalue weighted by Crippen LogP contribution is -2.71. The molecule has 2 aromatic rings. The molecule has 2 saturated heterocycles. The van der Waals surface area contributed by atoms with Crippen LogP contribution in [-0.2, 0) is 29.4 Å².